The summed E-state index contributed by atoms with van der Waals surface area (Å²) in [5.74, 6) is 5.22. The van der Waals surface area contributed by atoms with Crippen molar-refractivity contribution >= 4 is 0 Å². The van der Waals surface area contributed by atoms with Crippen LogP contribution >= 0.6 is 0 Å². The van der Waals surface area contributed by atoms with Gasteiger partial charge in [-0.2, -0.15) is 0 Å². The molecule has 11 heavy (non-hydrogen) atoms. The van der Waals surface area contributed by atoms with E-state index in [0.717, 1.165) is 29.6 Å². The van der Waals surface area contributed by atoms with Crippen LogP contribution in [0.1, 0.15) is 40.0 Å². The predicted molar refractivity (Wildman–Crippen MR) is 48.3 cm³/mol. The van der Waals surface area contributed by atoms with E-state index in [0.29, 0.717) is 0 Å². The maximum atomic E-state index is 2.48. The molecule has 0 nitrogen and oxygen atoms in total. The van der Waals surface area contributed by atoms with Gasteiger partial charge in [-0.05, 0) is 48.9 Å². The summed E-state index contributed by atoms with van der Waals surface area (Å²) in [6.45, 7) is 7.40. The van der Waals surface area contributed by atoms with Gasteiger partial charge in [-0.3, -0.25) is 0 Å². The lowest BCUT2D eigenvalue weighted by Crippen LogP contribution is -2.29. The standard InChI is InChI=1S/C11H20/c1-7-6-8(2)11-5-4-10(7)9(11)3/h7-11H,4-6H2,1-3H3. The van der Waals surface area contributed by atoms with Crippen LogP contribution in [0.4, 0.5) is 0 Å². The van der Waals surface area contributed by atoms with Crippen molar-refractivity contribution < 1.29 is 0 Å². The lowest BCUT2D eigenvalue weighted by Gasteiger charge is -2.36. The molecule has 0 heterocycles. The van der Waals surface area contributed by atoms with Gasteiger partial charge in [0.2, 0.25) is 0 Å². The van der Waals surface area contributed by atoms with E-state index in [2.05, 4.69) is 20.8 Å². The Morgan fingerprint density at radius 2 is 1.27 bits per heavy atom. The molecule has 0 heteroatoms. The summed E-state index contributed by atoms with van der Waals surface area (Å²) in [4.78, 5) is 0. The minimum atomic E-state index is 1.01. The van der Waals surface area contributed by atoms with Crippen LogP contribution in [0.3, 0.4) is 0 Å². The fourth-order valence-electron chi connectivity index (χ4n) is 3.77. The van der Waals surface area contributed by atoms with E-state index in [-0.39, 0.29) is 0 Å². The van der Waals surface area contributed by atoms with E-state index in [9.17, 15) is 0 Å². The van der Waals surface area contributed by atoms with Gasteiger partial charge in [0.1, 0.15) is 0 Å². The Balaban J connectivity index is 2.17. The quantitative estimate of drug-likeness (QED) is 0.499. The van der Waals surface area contributed by atoms with Crippen molar-refractivity contribution in [2.24, 2.45) is 29.6 Å². The van der Waals surface area contributed by atoms with E-state index in [1.807, 2.05) is 0 Å². The van der Waals surface area contributed by atoms with Crippen molar-refractivity contribution in [2.75, 3.05) is 0 Å². The first-order chi connectivity index (χ1) is 5.20. The summed E-state index contributed by atoms with van der Waals surface area (Å²) in [5, 5.41) is 0. The molecule has 2 saturated carbocycles. The zero-order chi connectivity index (χ0) is 8.01. The Bertz CT molecular complexity index is 134. The molecule has 2 fully saturated rings. The van der Waals surface area contributed by atoms with Gasteiger partial charge in [-0.1, -0.05) is 20.8 Å². The molecule has 4 unspecified atom stereocenters. The SMILES string of the molecule is CC1CC(C)C2CCC1C2C. The van der Waals surface area contributed by atoms with Gasteiger partial charge in [-0.25, -0.2) is 0 Å². The lowest BCUT2D eigenvalue weighted by molar-refractivity contribution is 0.125. The van der Waals surface area contributed by atoms with E-state index >= 15 is 0 Å². The molecule has 4 atom stereocenters. The summed E-state index contributed by atoms with van der Waals surface area (Å²) in [5.41, 5.74) is 0. The van der Waals surface area contributed by atoms with Crippen LogP contribution in [0.15, 0.2) is 0 Å². The van der Waals surface area contributed by atoms with Crippen LogP contribution in [0.2, 0.25) is 0 Å². The Morgan fingerprint density at radius 3 is 1.73 bits per heavy atom. The maximum Gasteiger partial charge on any atom is -0.0360 e. The monoisotopic (exact) mass is 152 g/mol. The average molecular weight is 152 g/mol. The molecule has 0 aromatic rings. The van der Waals surface area contributed by atoms with Gasteiger partial charge >= 0.3 is 0 Å². The molecule has 0 radical (unpaired) electrons. The zero-order valence-electron chi connectivity index (χ0n) is 8.01. The first-order valence-electron chi connectivity index (χ1n) is 5.20. The fourth-order valence-corrected chi connectivity index (χ4v) is 3.77. The van der Waals surface area contributed by atoms with Crippen molar-refractivity contribution in [2.45, 2.75) is 40.0 Å². The Morgan fingerprint density at radius 1 is 0.818 bits per heavy atom. The molecule has 0 N–H and O–H groups in total. The predicted octanol–water partition coefficient (Wildman–Crippen LogP) is 3.32. The van der Waals surface area contributed by atoms with Crippen molar-refractivity contribution in [3.05, 3.63) is 0 Å². The van der Waals surface area contributed by atoms with Crippen LogP contribution in [0.5, 0.6) is 0 Å². The molecule has 2 bridgehead atoms. The second-order valence-electron chi connectivity index (χ2n) is 4.95. The molecule has 0 saturated heterocycles. The van der Waals surface area contributed by atoms with Gasteiger partial charge in [0.25, 0.3) is 0 Å². The third-order valence-corrected chi connectivity index (χ3v) is 4.39. The number of hydrogen-bond acceptors (Lipinski definition) is 0. The number of rotatable bonds is 0. The fraction of sp³-hybridized carbons (Fsp3) is 1.00. The first-order valence-corrected chi connectivity index (χ1v) is 5.20. The number of hydrogen-bond donors (Lipinski definition) is 0. The first kappa shape index (κ1) is 7.64. The molecule has 0 aliphatic heterocycles. The normalized spacial score (nSPS) is 56.5. The van der Waals surface area contributed by atoms with Crippen LogP contribution < -0.4 is 0 Å². The molecular formula is C11H20. The summed E-state index contributed by atoms with van der Waals surface area (Å²) in [6, 6.07) is 0. The van der Waals surface area contributed by atoms with Gasteiger partial charge in [0.15, 0.2) is 0 Å². The second kappa shape index (κ2) is 2.50. The molecule has 2 aliphatic rings. The lowest BCUT2D eigenvalue weighted by atomic mass is 9.69. The van der Waals surface area contributed by atoms with E-state index in [1.165, 1.54) is 19.3 Å². The summed E-state index contributed by atoms with van der Waals surface area (Å²) < 4.78 is 0. The number of fused-ring (bicyclic) bond motifs is 2. The van der Waals surface area contributed by atoms with Gasteiger partial charge in [-0.15, -0.1) is 0 Å². The maximum absolute atomic E-state index is 2.48. The van der Waals surface area contributed by atoms with Crippen LogP contribution in [0.25, 0.3) is 0 Å². The van der Waals surface area contributed by atoms with E-state index in [4.69, 9.17) is 0 Å². The van der Waals surface area contributed by atoms with Gasteiger partial charge < -0.3 is 0 Å². The van der Waals surface area contributed by atoms with Crippen LogP contribution in [-0.2, 0) is 0 Å². The minimum Gasteiger partial charge on any atom is -0.0622 e. The van der Waals surface area contributed by atoms with Crippen molar-refractivity contribution in [1.29, 1.82) is 0 Å². The van der Waals surface area contributed by atoms with Gasteiger partial charge in [0, 0.05) is 0 Å². The van der Waals surface area contributed by atoms with Crippen LogP contribution in [0, 0.1) is 29.6 Å². The van der Waals surface area contributed by atoms with Crippen molar-refractivity contribution in [3.8, 4) is 0 Å². The Hall–Kier alpha value is 0. The summed E-state index contributed by atoms with van der Waals surface area (Å²) >= 11 is 0. The van der Waals surface area contributed by atoms with E-state index in [1.54, 1.807) is 0 Å². The Kier molecular flexibility index (Phi) is 1.74. The molecule has 64 valence electrons. The highest BCUT2D eigenvalue weighted by atomic mass is 14.5. The minimum absolute atomic E-state index is 1.01. The highest BCUT2D eigenvalue weighted by Crippen LogP contribution is 2.51. The van der Waals surface area contributed by atoms with E-state index < -0.39 is 0 Å². The molecular weight excluding hydrogens is 132 g/mol. The van der Waals surface area contributed by atoms with Crippen LogP contribution in [-0.4, -0.2) is 0 Å². The zero-order valence-corrected chi connectivity index (χ0v) is 8.01. The summed E-state index contributed by atoms with van der Waals surface area (Å²) in [6.07, 6.45) is 4.55. The molecule has 0 aromatic carbocycles. The average Bonchev–Trinajstić information content (AvgIpc) is 2.22. The molecule has 2 aliphatic carbocycles. The Labute approximate surface area is 70.4 Å². The molecule has 0 amide bonds. The van der Waals surface area contributed by atoms with Crippen molar-refractivity contribution in [3.63, 3.8) is 0 Å². The third-order valence-electron chi connectivity index (χ3n) is 4.39. The highest BCUT2D eigenvalue weighted by molar-refractivity contribution is 4.92. The highest BCUT2D eigenvalue weighted by Gasteiger charge is 2.43. The second-order valence-corrected chi connectivity index (χ2v) is 4.95. The topological polar surface area (TPSA) is 0 Å². The smallest absolute Gasteiger partial charge is 0.0360 e. The van der Waals surface area contributed by atoms with Gasteiger partial charge in [0.05, 0.1) is 0 Å². The summed E-state index contributed by atoms with van der Waals surface area (Å²) in [7, 11) is 0. The largest absolute Gasteiger partial charge is 0.0622 e. The molecule has 0 spiro atoms. The van der Waals surface area contributed by atoms with Crippen molar-refractivity contribution in [1.82, 2.24) is 0 Å². The molecule has 0 aromatic heterocycles. The molecule has 2 rings (SSSR count). The third kappa shape index (κ3) is 1.02.